The maximum atomic E-state index is 14.8. The summed E-state index contributed by atoms with van der Waals surface area (Å²) in [5, 5.41) is 22.6. The average molecular weight is 841 g/mol. The molecule has 4 N–H and O–H groups in total. The Morgan fingerprint density at radius 3 is 2.41 bits per heavy atom. The Hall–Kier alpha value is -4.41. The van der Waals surface area contributed by atoms with Crippen LogP contribution in [0.4, 0.5) is 9.93 Å². The first-order valence-corrected chi connectivity index (χ1v) is 21.3. The first kappa shape index (κ1) is 41.7. The number of carbonyl (C=O) groups excluding carboxylic acids is 3. The minimum Gasteiger partial charge on any atom is -0.495 e. The largest absolute Gasteiger partial charge is 0.495 e. The van der Waals surface area contributed by atoms with Gasteiger partial charge in [0.1, 0.15) is 52.0 Å². The monoisotopic (exact) mass is 840 g/mol. The normalized spacial score (nSPS) is 26.9. The number of carboxylic acids is 1. The number of thiazole rings is 1. The van der Waals surface area contributed by atoms with Crippen molar-refractivity contribution in [3.05, 3.63) is 28.6 Å². The zero-order valence-corrected chi connectivity index (χ0v) is 35.5. The fourth-order valence-corrected chi connectivity index (χ4v) is 9.61. The van der Waals surface area contributed by atoms with Crippen LogP contribution in [0.5, 0.6) is 11.5 Å². The number of ether oxygens (including phenoxy) is 4. The van der Waals surface area contributed by atoms with Crippen molar-refractivity contribution in [3.8, 4) is 22.9 Å². The SMILES string of the molecule is CCC1C[C@]1(NC(=O)[C@@H]1CC(Oc2cc(-c3csc(NC(C)C)n3)nc3c(Cl)c(OC)ccc23)CN1C(=O)[C@@H](NC(=O)O[C@H]1C[C@H]2CC[C@@H](C1)O2)C(C)(C)C)C(=O)O. The highest BCUT2D eigenvalue weighted by atomic mass is 35.5. The van der Waals surface area contributed by atoms with E-state index in [1.807, 2.05) is 46.9 Å². The molecule has 17 heteroatoms. The van der Waals surface area contributed by atoms with Crippen molar-refractivity contribution >= 4 is 62.8 Å². The number of methoxy groups -OCH3 is 1. The number of halogens is 1. The zero-order chi connectivity index (χ0) is 41.7. The summed E-state index contributed by atoms with van der Waals surface area (Å²) in [5.74, 6) is -1.67. The second-order valence-corrected chi connectivity index (χ2v) is 18.5. The van der Waals surface area contributed by atoms with Gasteiger partial charge < -0.3 is 44.9 Å². The summed E-state index contributed by atoms with van der Waals surface area (Å²) >= 11 is 8.26. The van der Waals surface area contributed by atoms with Crippen LogP contribution in [-0.4, -0.2) is 106 Å². The third-order valence-corrected chi connectivity index (χ3v) is 12.7. The van der Waals surface area contributed by atoms with Gasteiger partial charge >= 0.3 is 12.1 Å². The van der Waals surface area contributed by atoms with E-state index in [4.69, 9.17) is 40.5 Å². The van der Waals surface area contributed by atoms with Crippen LogP contribution in [0.25, 0.3) is 22.3 Å². The van der Waals surface area contributed by atoms with Crippen molar-refractivity contribution < 1.29 is 43.2 Å². The van der Waals surface area contributed by atoms with Gasteiger partial charge in [-0.2, -0.15) is 0 Å². The summed E-state index contributed by atoms with van der Waals surface area (Å²) in [5.41, 5.74) is -0.735. The average Bonchev–Trinajstić information content (AvgIpc) is 3.42. The molecule has 2 aromatic heterocycles. The number of benzene rings is 1. The van der Waals surface area contributed by atoms with E-state index in [1.165, 1.54) is 23.3 Å². The second-order valence-electron chi connectivity index (χ2n) is 17.3. The van der Waals surface area contributed by atoms with Crippen LogP contribution < -0.4 is 25.4 Å². The fourth-order valence-electron chi connectivity index (χ4n) is 8.47. The molecule has 314 valence electrons. The van der Waals surface area contributed by atoms with Gasteiger partial charge in [-0.15, -0.1) is 11.3 Å². The number of alkyl carbamates (subject to hydrolysis) is 1. The smallest absolute Gasteiger partial charge is 0.408 e. The fraction of sp³-hybridized carbons (Fsp3) is 0.610. The van der Waals surface area contributed by atoms with Crippen molar-refractivity contribution in [1.82, 2.24) is 25.5 Å². The molecule has 3 aromatic rings. The number of rotatable bonds is 13. The van der Waals surface area contributed by atoms with Crippen molar-refractivity contribution in [2.45, 2.75) is 135 Å². The third kappa shape index (κ3) is 8.51. The van der Waals surface area contributed by atoms with Gasteiger partial charge in [-0.25, -0.2) is 19.6 Å². The molecule has 1 saturated carbocycles. The van der Waals surface area contributed by atoms with E-state index in [9.17, 15) is 24.3 Å². The number of fused-ring (bicyclic) bond motifs is 3. The molecule has 1 aromatic carbocycles. The number of hydrogen-bond donors (Lipinski definition) is 4. The van der Waals surface area contributed by atoms with E-state index in [0.29, 0.717) is 53.1 Å². The molecule has 4 fully saturated rings. The highest BCUT2D eigenvalue weighted by Crippen LogP contribution is 2.47. The topological polar surface area (TPSA) is 191 Å². The van der Waals surface area contributed by atoms with Crippen LogP contribution >= 0.6 is 22.9 Å². The first-order valence-electron chi connectivity index (χ1n) is 20.0. The standard InChI is InChI=1S/C41H53ClN6O9S/c1-8-21-17-41(21,37(51)52)47-35(49)29-15-25(18-48(29)36(50)34(40(4,5)6)46-39(53)57-24-13-22-9-10-23(14-24)55-22)56-31-16-27(28-19-58-38(45-28)43-20(2)3)44-33-26(31)11-12-30(54-7)32(33)42/h11-12,16,19-25,29,34H,8-10,13-15,17-18H2,1-7H3,(H,43,45)(H,46,53)(H,47,49)(H,51,52)/t21?,22-,23+,24+,25?,29-,34+,41+/m0/s1. The van der Waals surface area contributed by atoms with Crippen molar-refractivity contribution in [2.24, 2.45) is 11.3 Å². The lowest BCUT2D eigenvalue weighted by Gasteiger charge is -2.36. The summed E-state index contributed by atoms with van der Waals surface area (Å²) in [6.45, 7) is 11.3. The lowest BCUT2D eigenvalue weighted by molar-refractivity contribution is -0.146. The van der Waals surface area contributed by atoms with Gasteiger partial charge in [0.15, 0.2) is 5.13 Å². The Balaban J connectivity index is 1.19. The third-order valence-electron chi connectivity index (χ3n) is 11.6. The van der Waals surface area contributed by atoms with Crippen LogP contribution in [0.3, 0.4) is 0 Å². The van der Waals surface area contributed by atoms with Crippen LogP contribution in [0.1, 0.15) is 86.5 Å². The molecule has 2 bridgehead atoms. The van der Waals surface area contributed by atoms with E-state index in [2.05, 4.69) is 16.0 Å². The number of aromatic nitrogens is 2. The van der Waals surface area contributed by atoms with Crippen LogP contribution in [0.15, 0.2) is 23.6 Å². The van der Waals surface area contributed by atoms with Crippen LogP contribution in [-0.2, 0) is 23.9 Å². The quantitative estimate of drug-likeness (QED) is 0.148. The number of anilines is 1. The predicted molar refractivity (Wildman–Crippen MR) is 218 cm³/mol. The molecule has 5 heterocycles. The molecule has 15 nitrogen and oxygen atoms in total. The Bertz CT molecular complexity index is 2060. The maximum absolute atomic E-state index is 14.8. The molecule has 2 unspecified atom stereocenters. The molecule has 0 radical (unpaired) electrons. The van der Waals surface area contributed by atoms with E-state index in [0.717, 1.165) is 18.0 Å². The molecule has 58 heavy (non-hydrogen) atoms. The number of pyridine rings is 1. The summed E-state index contributed by atoms with van der Waals surface area (Å²) in [6.07, 6.45) is 2.26. The summed E-state index contributed by atoms with van der Waals surface area (Å²) in [4.78, 5) is 65.9. The van der Waals surface area contributed by atoms with E-state index < -0.39 is 53.0 Å². The van der Waals surface area contributed by atoms with Crippen molar-refractivity contribution in [2.75, 3.05) is 19.0 Å². The summed E-state index contributed by atoms with van der Waals surface area (Å²) in [7, 11) is 1.51. The van der Waals surface area contributed by atoms with Gasteiger partial charge in [0.2, 0.25) is 11.8 Å². The number of carbonyl (C=O) groups is 4. The summed E-state index contributed by atoms with van der Waals surface area (Å²) < 4.78 is 24.0. The molecule has 3 amide bonds. The number of nitrogens with one attached hydrogen (secondary N) is 3. The highest BCUT2D eigenvalue weighted by molar-refractivity contribution is 7.14. The van der Waals surface area contributed by atoms with Gasteiger partial charge in [-0.1, -0.05) is 45.7 Å². The Morgan fingerprint density at radius 2 is 1.79 bits per heavy atom. The van der Waals surface area contributed by atoms with Crippen LogP contribution in [0, 0.1) is 11.3 Å². The molecule has 1 aliphatic carbocycles. The molecular weight excluding hydrogens is 788 g/mol. The number of hydrogen-bond acceptors (Lipinski definition) is 12. The molecular formula is C41H53ClN6O9S. The van der Waals surface area contributed by atoms with E-state index in [-0.39, 0.29) is 54.7 Å². The van der Waals surface area contributed by atoms with Crippen molar-refractivity contribution in [1.29, 1.82) is 0 Å². The van der Waals surface area contributed by atoms with Gasteiger partial charge in [-0.05, 0) is 56.6 Å². The molecule has 3 aliphatic heterocycles. The van der Waals surface area contributed by atoms with Gasteiger partial charge in [0, 0.05) is 42.1 Å². The van der Waals surface area contributed by atoms with Gasteiger partial charge in [0.25, 0.3) is 0 Å². The minimum absolute atomic E-state index is 0.0387. The Morgan fingerprint density at radius 1 is 1.07 bits per heavy atom. The lowest BCUT2D eigenvalue weighted by Crippen LogP contribution is -2.59. The number of amides is 3. The van der Waals surface area contributed by atoms with Crippen LogP contribution in [0.2, 0.25) is 5.02 Å². The predicted octanol–water partition coefficient (Wildman–Crippen LogP) is 6.41. The molecule has 3 saturated heterocycles. The number of nitrogens with zero attached hydrogens (tertiary/aromatic N) is 3. The Kier molecular flexibility index (Phi) is 11.7. The zero-order valence-electron chi connectivity index (χ0n) is 33.9. The van der Waals surface area contributed by atoms with Crippen molar-refractivity contribution in [3.63, 3.8) is 0 Å². The number of carboxylic acid groups (broad SMARTS) is 1. The maximum Gasteiger partial charge on any atom is 0.408 e. The Labute approximate surface area is 346 Å². The minimum atomic E-state index is -1.42. The summed E-state index contributed by atoms with van der Waals surface area (Å²) in [6, 6.07) is 3.21. The van der Waals surface area contributed by atoms with Gasteiger partial charge in [-0.3, -0.25) is 9.59 Å². The number of aliphatic carboxylic acids is 1. The first-order chi connectivity index (χ1) is 27.5. The molecule has 0 spiro atoms. The molecule has 8 atom stereocenters. The van der Waals surface area contributed by atoms with E-state index in [1.54, 1.807) is 18.2 Å². The molecule has 7 rings (SSSR count). The van der Waals surface area contributed by atoms with E-state index >= 15 is 0 Å². The van der Waals surface area contributed by atoms with Gasteiger partial charge in [0.05, 0.1) is 37.1 Å². The highest BCUT2D eigenvalue weighted by Gasteiger charge is 2.61. The lowest BCUT2D eigenvalue weighted by atomic mass is 9.85. The number of likely N-dealkylation sites (tertiary alicyclic amines) is 1. The molecule has 4 aliphatic rings. The second kappa shape index (κ2) is 16.3.